The van der Waals surface area contributed by atoms with Crippen LogP contribution in [-0.2, 0) is 0 Å². The number of benzene rings is 3. The predicted molar refractivity (Wildman–Crippen MR) is 152 cm³/mol. The topological polar surface area (TPSA) is 119 Å². The third-order valence-electron chi connectivity index (χ3n) is 6.14. The van der Waals surface area contributed by atoms with Gasteiger partial charge in [-0.05, 0) is 62.5 Å². The minimum Gasteiger partial charge on any atom is -0.490 e. The maximum atomic E-state index is 10.3. The lowest BCUT2D eigenvalue weighted by molar-refractivity contribution is 0.296. The van der Waals surface area contributed by atoms with Crippen LogP contribution in [0.3, 0.4) is 0 Å². The van der Waals surface area contributed by atoms with Crippen LogP contribution in [0.15, 0.2) is 87.1 Å². The second-order valence-corrected chi connectivity index (χ2v) is 9.99. The molecule has 4 aromatic rings. The van der Waals surface area contributed by atoms with Crippen LogP contribution in [0.2, 0.25) is 0 Å². The monoisotopic (exact) mass is 645 g/mol. The van der Waals surface area contributed by atoms with E-state index in [4.69, 9.17) is 30.3 Å². The van der Waals surface area contributed by atoms with Crippen molar-refractivity contribution in [1.29, 1.82) is 10.5 Å². The molecule has 8 nitrogen and oxygen atoms in total. The van der Waals surface area contributed by atoms with Crippen LogP contribution >= 0.6 is 31.9 Å². The van der Waals surface area contributed by atoms with Crippen LogP contribution in [0, 0.1) is 22.7 Å². The van der Waals surface area contributed by atoms with E-state index in [1.54, 1.807) is 10.7 Å². The first-order chi connectivity index (χ1) is 19.0. The van der Waals surface area contributed by atoms with Gasteiger partial charge in [0.15, 0.2) is 18.1 Å². The zero-order valence-corrected chi connectivity index (χ0v) is 23.9. The third-order valence-corrected chi connectivity index (χ3v) is 8.29. The lowest BCUT2D eigenvalue weighted by Gasteiger charge is -2.27. The van der Waals surface area contributed by atoms with E-state index in [1.165, 1.54) is 0 Å². The number of nitrogens with zero attached hydrogens (tertiary/aromatic N) is 4. The van der Waals surface area contributed by atoms with E-state index in [2.05, 4.69) is 37.9 Å². The molecule has 0 amide bonds. The Morgan fingerprint density at radius 1 is 1.03 bits per heavy atom. The molecule has 2 N–H and O–H groups in total. The minimum absolute atomic E-state index is 0.0162. The Balaban J connectivity index is 1.83. The molecule has 0 unspecified atom stereocenters. The van der Waals surface area contributed by atoms with Gasteiger partial charge < -0.3 is 19.9 Å². The fourth-order valence-corrected chi connectivity index (χ4v) is 5.58. The number of para-hydroxylation sites is 1. The van der Waals surface area contributed by atoms with Gasteiger partial charge in [-0.25, -0.2) is 0 Å². The summed E-state index contributed by atoms with van der Waals surface area (Å²) in [4.78, 5) is 0. The van der Waals surface area contributed by atoms with Crippen molar-refractivity contribution in [1.82, 2.24) is 9.78 Å². The zero-order chi connectivity index (χ0) is 27.5. The Kier molecular flexibility index (Phi) is 7.60. The number of nitrogens with two attached hydrogens (primary N) is 1. The molecule has 3 aromatic carbocycles. The minimum atomic E-state index is -0.665. The summed E-state index contributed by atoms with van der Waals surface area (Å²) in [6.45, 7) is 2.05. The van der Waals surface area contributed by atoms with Crippen LogP contribution < -0.4 is 19.9 Å². The molecule has 2 heterocycles. The maximum absolute atomic E-state index is 10.3. The van der Waals surface area contributed by atoms with Crippen molar-refractivity contribution >= 4 is 31.9 Å². The number of rotatable bonds is 7. The predicted octanol–water partition coefficient (Wildman–Crippen LogP) is 6.58. The Hall–Kier alpha value is -4.25. The van der Waals surface area contributed by atoms with Gasteiger partial charge in [-0.3, -0.25) is 0 Å². The number of ether oxygens (including phenoxy) is 3. The van der Waals surface area contributed by atoms with E-state index < -0.39 is 5.92 Å². The van der Waals surface area contributed by atoms with Gasteiger partial charge in [-0.1, -0.05) is 48.5 Å². The standard InChI is InChI=1S/C29H21Br2N5O3/c1-2-37-21-15-19(24(30)25(31)27(21)38-14-13-32)22-20(16-33)28(34)39-29-23(22)26(17-9-5-3-6-10-17)35-36(29)18-11-7-4-8-12-18/h3-12,15,22H,2,14,34H2,1H3/t22-/m1/s1. The second-order valence-electron chi connectivity index (χ2n) is 8.41. The summed E-state index contributed by atoms with van der Waals surface area (Å²) < 4.78 is 20.6. The molecule has 0 radical (unpaired) electrons. The first-order valence-corrected chi connectivity index (χ1v) is 13.5. The molecule has 0 spiro atoms. The van der Waals surface area contributed by atoms with Gasteiger partial charge in [0.05, 0.1) is 28.2 Å². The molecule has 0 bridgehead atoms. The molecular weight excluding hydrogens is 626 g/mol. The van der Waals surface area contributed by atoms with Crippen LogP contribution in [0.4, 0.5) is 0 Å². The highest BCUT2D eigenvalue weighted by molar-refractivity contribution is 9.13. The lowest BCUT2D eigenvalue weighted by Crippen LogP contribution is -2.22. The van der Waals surface area contributed by atoms with Crippen molar-refractivity contribution in [3.05, 3.63) is 98.3 Å². The highest BCUT2D eigenvalue weighted by Crippen LogP contribution is 2.53. The SMILES string of the molecule is CCOc1cc([C@@H]2C(C#N)=C(N)Oc3c2c(-c2ccccc2)nn3-c2ccccc2)c(Br)c(Br)c1OCC#N. The Morgan fingerprint density at radius 3 is 2.36 bits per heavy atom. The number of halogens is 2. The van der Waals surface area contributed by atoms with E-state index in [1.807, 2.05) is 73.7 Å². The van der Waals surface area contributed by atoms with E-state index in [0.29, 0.717) is 49.8 Å². The van der Waals surface area contributed by atoms with Crippen molar-refractivity contribution in [3.63, 3.8) is 0 Å². The quantitative estimate of drug-likeness (QED) is 0.241. The number of nitriles is 2. The van der Waals surface area contributed by atoms with Crippen LogP contribution in [0.5, 0.6) is 17.4 Å². The van der Waals surface area contributed by atoms with Gasteiger partial charge in [-0.2, -0.15) is 20.3 Å². The van der Waals surface area contributed by atoms with Gasteiger partial charge >= 0.3 is 0 Å². The van der Waals surface area contributed by atoms with E-state index in [0.717, 1.165) is 11.3 Å². The van der Waals surface area contributed by atoms with Gasteiger partial charge in [0.1, 0.15) is 23.4 Å². The molecule has 0 fully saturated rings. The number of hydrogen-bond acceptors (Lipinski definition) is 7. The van der Waals surface area contributed by atoms with Crippen molar-refractivity contribution < 1.29 is 14.2 Å². The summed E-state index contributed by atoms with van der Waals surface area (Å²) in [6.07, 6.45) is 0. The van der Waals surface area contributed by atoms with Crippen LogP contribution in [0.25, 0.3) is 16.9 Å². The highest BCUT2D eigenvalue weighted by Gasteiger charge is 2.39. The smallest absolute Gasteiger partial charge is 0.229 e. The Labute approximate surface area is 242 Å². The summed E-state index contributed by atoms with van der Waals surface area (Å²) >= 11 is 7.31. The van der Waals surface area contributed by atoms with Crippen molar-refractivity contribution in [2.45, 2.75) is 12.8 Å². The average Bonchev–Trinajstić information content (AvgIpc) is 3.34. The molecule has 1 aromatic heterocycles. The van der Waals surface area contributed by atoms with Gasteiger partial charge in [0.2, 0.25) is 11.8 Å². The first kappa shape index (κ1) is 26.4. The maximum Gasteiger partial charge on any atom is 0.229 e. The molecule has 10 heteroatoms. The second kappa shape index (κ2) is 11.2. The first-order valence-electron chi connectivity index (χ1n) is 12.0. The number of allylic oxidation sites excluding steroid dienone is 1. The molecule has 5 rings (SSSR count). The number of hydrogen-bond donors (Lipinski definition) is 1. The summed E-state index contributed by atoms with van der Waals surface area (Å²) in [5.74, 6) is 0.518. The fourth-order valence-electron chi connectivity index (χ4n) is 4.52. The molecule has 0 saturated carbocycles. The van der Waals surface area contributed by atoms with Crippen molar-refractivity contribution in [2.75, 3.05) is 13.2 Å². The summed E-state index contributed by atoms with van der Waals surface area (Å²) in [7, 11) is 0. The van der Waals surface area contributed by atoms with Crippen molar-refractivity contribution in [2.24, 2.45) is 5.73 Å². The van der Waals surface area contributed by atoms with E-state index in [9.17, 15) is 5.26 Å². The fraction of sp³-hybridized carbons (Fsp3) is 0.138. The van der Waals surface area contributed by atoms with Crippen LogP contribution in [-0.4, -0.2) is 23.0 Å². The van der Waals surface area contributed by atoms with E-state index >= 15 is 0 Å². The molecule has 39 heavy (non-hydrogen) atoms. The molecule has 0 saturated heterocycles. The summed E-state index contributed by atoms with van der Waals surface area (Å²) in [5, 5.41) is 24.3. The number of aromatic nitrogens is 2. The highest BCUT2D eigenvalue weighted by atomic mass is 79.9. The molecule has 0 aliphatic carbocycles. The molecule has 1 atom stereocenters. The summed E-state index contributed by atoms with van der Waals surface area (Å²) in [6, 6.07) is 25.3. The van der Waals surface area contributed by atoms with Crippen molar-refractivity contribution in [3.8, 4) is 46.5 Å². The number of fused-ring (bicyclic) bond motifs is 1. The largest absolute Gasteiger partial charge is 0.490 e. The zero-order valence-electron chi connectivity index (χ0n) is 20.7. The van der Waals surface area contributed by atoms with Gasteiger partial charge in [-0.15, -0.1) is 0 Å². The molecule has 194 valence electrons. The Bertz CT molecular complexity index is 1650. The Morgan fingerprint density at radius 2 is 1.72 bits per heavy atom. The van der Waals surface area contributed by atoms with Gasteiger partial charge in [0, 0.05) is 10.0 Å². The normalized spacial score (nSPS) is 14.1. The van der Waals surface area contributed by atoms with Gasteiger partial charge in [0.25, 0.3) is 0 Å². The third kappa shape index (κ3) is 4.74. The summed E-state index contributed by atoms with van der Waals surface area (Å²) in [5.41, 5.74) is 10.2. The van der Waals surface area contributed by atoms with Crippen LogP contribution in [0.1, 0.15) is 24.0 Å². The lowest BCUT2D eigenvalue weighted by atomic mass is 9.83. The molecule has 1 aliphatic rings. The molecule has 1 aliphatic heterocycles. The average molecular weight is 647 g/mol. The van der Waals surface area contributed by atoms with E-state index in [-0.39, 0.29) is 18.1 Å². The molecular formula is C29H21Br2N5O3.